The Morgan fingerprint density at radius 3 is 2.58 bits per heavy atom. The molecule has 3 rings (SSSR count). The molecular formula is C20H20F3NO2. The number of methoxy groups -OCH3 is 1. The fourth-order valence-corrected chi connectivity index (χ4v) is 3.42. The second kappa shape index (κ2) is 7.81. The Kier molecular flexibility index (Phi) is 5.49. The molecule has 1 aliphatic carbocycles. The van der Waals surface area contributed by atoms with E-state index < -0.39 is 29.4 Å². The van der Waals surface area contributed by atoms with Crippen LogP contribution in [-0.4, -0.2) is 12.9 Å². The van der Waals surface area contributed by atoms with E-state index in [0.29, 0.717) is 18.6 Å². The quantitative estimate of drug-likeness (QED) is 0.810. The lowest BCUT2D eigenvalue weighted by Crippen LogP contribution is -2.31. The van der Waals surface area contributed by atoms with Crippen LogP contribution in [-0.2, 0) is 4.79 Å². The fraction of sp³-hybridized carbons (Fsp3) is 0.350. The number of halogens is 3. The van der Waals surface area contributed by atoms with Gasteiger partial charge < -0.3 is 10.1 Å². The fourth-order valence-electron chi connectivity index (χ4n) is 3.42. The molecule has 1 saturated carbocycles. The molecule has 0 heterocycles. The maximum atomic E-state index is 14.5. The van der Waals surface area contributed by atoms with Crippen LogP contribution in [0.2, 0.25) is 0 Å². The van der Waals surface area contributed by atoms with Crippen LogP contribution in [0.3, 0.4) is 0 Å². The smallest absolute Gasteiger partial charge is 0.149 e. The number of hydrogen-bond donors (Lipinski definition) is 1. The Morgan fingerprint density at radius 1 is 1.08 bits per heavy atom. The molecule has 1 fully saturated rings. The van der Waals surface area contributed by atoms with Gasteiger partial charge in [0.15, 0.2) is 0 Å². The molecule has 1 N–H and O–H groups in total. The molecule has 2 atom stereocenters. The van der Waals surface area contributed by atoms with Gasteiger partial charge in [-0.05, 0) is 43.2 Å². The summed E-state index contributed by atoms with van der Waals surface area (Å²) in [4.78, 5) is 12.5. The SMILES string of the molecule is COc1ccc(F)c([C@H](Nc2ccc(F)cc2F)[C@@H]2CCCCC2=O)c1. The summed E-state index contributed by atoms with van der Waals surface area (Å²) in [5, 5.41) is 2.93. The van der Waals surface area contributed by atoms with Crippen LogP contribution in [0.1, 0.15) is 37.3 Å². The Bertz CT molecular complexity index is 810. The summed E-state index contributed by atoms with van der Waals surface area (Å²) in [5.74, 6) is -2.04. The van der Waals surface area contributed by atoms with Gasteiger partial charge in [0.2, 0.25) is 0 Å². The first-order chi connectivity index (χ1) is 12.5. The molecule has 0 bridgehead atoms. The van der Waals surface area contributed by atoms with Gasteiger partial charge in [-0.15, -0.1) is 0 Å². The summed E-state index contributed by atoms with van der Waals surface area (Å²) in [6, 6.07) is 6.61. The van der Waals surface area contributed by atoms with Crippen LogP contribution in [0.25, 0.3) is 0 Å². The molecule has 0 saturated heterocycles. The highest BCUT2D eigenvalue weighted by atomic mass is 19.1. The number of ether oxygens (including phenoxy) is 1. The number of rotatable bonds is 5. The van der Waals surface area contributed by atoms with E-state index in [1.807, 2.05) is 0 Å². The van der Waals surface area contributed by atoms with Gasteiger partial charge in [0.1, 0.15) is 29.0 Å². The number of nitrogens with one attached hydrogen (secondary N) is 1. The van der Waals surface area contributed by atoms with Crippen molar-refractivity contribution in [2.24, 2.45) is 5.92 Å². The van der Waals surface area contributed by atoms with E-state index in [1.54, 1.807) is 0 Å². The van der Waals surface area contributed by atoms with E-state index in [4.69, 9.17) is 4.74 Å². The lowest BCUT2D eigenvalue weighted by molar-refractivity contribution is -0.125. The minimum absolute atomic E-state index is 0.0125. The molecule has 0 radical (unpaired) electrons. The lowest BCUT2D eigenvalue weighted by atomic mass is 9.79. The van der Waals surface area contributed by atoms with Crippen molar-refractivity contribution in [3.63, 3.8) is 0 Å². The van der Waals surface area contributed by atoms with Gasteiger partial charge >= 0.3 is 0 Å². The molecule has 0 spiro atoms. The van der Waals surface area contributed by atoms with Crippen molar-refractivity contribution in [2.45, 2.75) is 31.7 Å². The monoisotopic (exact) mass is 363 g/mol. The topological polar surface area (TPSA) is 38.3 Å². The maximum Gasteiger partial charge on any atom is 0.149 e. The predicted octanol–water partition coefficient (Wildman–Crippen LogP) is 5.03. The highest BCUT2D eigenvalue weighted by molar-refractivity contribution is 5.83. The van der Waals surface area contributed by atoms with Crippen LogP contribution in [0.4, 0.5) is 18.9 Å². The summed E-state index contributed by atoms with van der Waals surface area (Å²) in [6.45, 7) is 0. The Balaban J connectivity index is 2.03. The molecular weight excluding hydrogens is 343 g/mol. The normalized spacial score (nSPS) is 18.5. The van der Waals surface area contributed by atoms with Crippen LogP contribution < -0.4 is 10.1 Å². The average Bonchev–Trinajstić information content (AvgIpc) is 2.63. The third kappa shape index (κ3) is 3.84. The van der Waals surface area contributed by atoms with E-state index in [-0.39, 0.29) is 17.0 Å². The minimum Gasteiger partial charge on any atom is -0.497 e. The van der Waals surface area contributed by atoms with Gasteiger partial charge in [-0.3, -0.25) is 4.79 Å². The lowest BCUT2D eigenvalue weighted by Gasteiger charge is -2.31. The summed E-state index contributed by atoms with van der Waals surface area (Å²) >= 11 is 0. The molecule has 2 aromatic carbocycles. The number of ketones is 1. The van der Waals surface area contributed by atoms with Gasteiger partial charge in [0.05, 0.1) is 18.8 Å². The van der Waals surface area contributed by atoms with Gasteiger partial charge in [-0.1, -0.05) is 6.42 Å². The van der Waals surface area contributed by atoms with Crippen LogP contribution >= 0.6 is 0 Å². The average molecular weight is 363 g/mol. The Morgan fingerprint density at radius 2 is 1.88 bits per heavy atom. The number of Topliss-reactive ketones (excluding diaryl/α,β-unsaturated/α-hetero) is 1. The summed E-state index contributed by atoms with van der Waals surface area (Å²) in [7, 11) is 1.46. The highest BCUT2D eigenvalue weighted by Crippen LogP contribution is 2.37. The van der Waals surface area contributed by atoms with Gasteiger partial charge in [-0.2, -0.15) is 0 Å². The van der Waals surface area contributed by atoms with E-state index in [0.717, 1.165) is 25.0 Å². The minimum atomic E-state index is -0.790. The van der Waals surface area contributed by atoms with Gasteiger partial charge in [0, 0.05) is 24.0 Å². The Labute approximate surface area is 150 Å². The molecule has 0 unspecified atom stereocenters. The van der Waals surface area contributed by atoms with Crippen LogP contribution in [0.5, 0.6) is 5.75 Å². The second-order valence-corrected chi connectivity index (χ2v) is 6.45. The van der Waals surface area contributed by atoms with Crippen molar-refractivity contribution >= 4 is 11.5 Å². The zero-order valence-electron chi connectivity index (χ0n) is 14.4. The molecule has 0 aliphatic heterocycles. The first-order valence-electron chi connectivity index (χ1n) is 8.57. The first kappa shape index (κ1) is 18.3. The number of benzene rings is 2. The Hall–Kier alpha value is -2.50. The zero-order valence-corrected chi connectivity index (χ0v) is 14.4. The number of carbonyl (C=O) groups excluding carboxylic acids is 1. The van der Waals surface area contributed by atoms with Crippen molar-refractivity contribution in [1.29, 1.82) is 0 Å². The van der Waals surface area contributed by atoms with Crippen molar-refractivity contribution < 1.29 is 22.7 Å². The third-order valence-corrected chi connectivity index (χ3v) is 4.78. The van der Waals surface area contributed by atoms with Crippen LogP contribution in [0, 0.1) is 23.4 Å². The summed E-state index contributed by atoms with van der Waals surface area (Å²) < 4.78 is 47.0. The second-order valence-electron chi connectivity index (χ2n) is 6.45. The van der Waals surface area contributed by atoms with E-state index >= 15 is 0 Å². The van der Waals surface area contributed by atoms with E-state index in [1.165, 1.54) is 31.4 Å². The van der Waals surface area contributed by atoms with E-state index in [9.17, 15) is 18.0 Å². The molecule has 2 aromatic rings. The van der Waals surface area contributed by atoms with Crippen molar-refractivity contribution in [1.82, 2.24) is 0 Å². The molecule has 138 valence electrons. The standard InChI is InChI=1S/C20H20F3NO2/c1-26-13-7-8-16(22)15(11-13)20(14-4-2-3-5-19(14)25)24-18-9-6-12(21)10-17(18)23/h6-11,14,20,24H,2-5H2,1H3/t14-,20-/m1/s1. The zero-order chi connectivity index (χ0) is 18.7. The maximum absolute atomic E-state index is 14.5. The molecule has 0 amide bonds. The highest BCUT2D eigenvalue weighted by Gasteiger charge is 2.33. The molecule has 1 aliphatic rings. The molecule has 3 nitrogen and oxygen atoms in total. The molecule has 6 heteroatoms. The predicted molar refractivity (Wildman–Crippen MR) is 92.6 cm³/mol. The number of anilines is 1. The number of carbonyl (C=O) groups is 1. The molecule has 26 heavy (non-hydrogen) atoms. The summed E-state index contributed by atoms with van der Waals surface area (Å²) in [6.07, 6.45) is 2.63. The molecule has 0 aromatic heterocycles. The van der Waals surface area contributed by atoms with Gasteiger partial charge in [-0.25, -0.2) is 13.2 Å². The first-order valence-corrected chi connectivity index (χ1v) is 8.57. The number of hydrogen-bond acceptors (Lipinski definition) is 3. The van der Waals surface area contributed by atoms with Crippen molar-refractivity contribution in [3.8, 4) is 5.75 Å². The van der Waals surface area contributed by atoms with Crippen molar-refractivity contribution in [2.75, 3.05) is 12.4 Å². The largest absolute Gasteiger partial charge is 0.497 e. The van der Waals surface area contributed by atoms with Crippen molar-refractivity contribution in [3.05, 3.63) is 59.4 Å². The van der Waals surface area contributed by atoms with Crippen LogP contribution in [0.15, 0.2) is 36.4 Å². The third-order valence-electron chi connectivity index (χ3n) is 4.78. The van der Waals surface area contributed by atoms with Gasteiger partial charge in [0.25, 0.3) is 0 Å². The van der Waals surface area contributed by atoms with E-state index in [2.05, 4.69) is 5.32 Å². The summed E-state index contributed by atoms with van der Waals surface area (Å²) in [5.41, 5.74) is 0.255.